The zero-order valence-corrected chi connectivity index (χ0v) is 12.2. The number of nitrogens with zero attached hydrogens (tertiary/aromatic N) is 1. The summed E-state index contributed by atoms with van der Waals surface area (Å²) in [6.07, 6.45) is 4.06. The van der Waals surface area contributed by atoms with E-state index in [4.69, 9.17) is 9.47 Å². The standard InChI is InChI=1S/C16H24N2O2/c1-19-13-5-6-15(18-8-3-2-4-9-18)14(11-13)16-12-17-7-10-20-16/h5-6,11,16-17H,2-4,7-10,12H2,1H3. The third kappa shape index (κ3) is 2.91. The molecule has 0 spiro atoms. The van der Waals surface area contributed by atoms with E-state index in [-0.39, 0.29) is 6.10 Å². The summed E-state index contributed by atoms with van der Waals surface area (Å²) in [7, 11) is 1.72. The second-order valence-electron chi connectivity index (χ2n) is 5.54. The minimum atomic E-state index is 0.135. The molecule has 2 heterocycles. The quantitative estimate of drug-likeness (QED) is 0.919. The molecule has 0 aromatic heterocycles. The van der Waals surface area contributed by atoms with Gasteiger partial charge in [-0.15, -0.1) is 0 Å². The van der Waals surface area contributed by atoms with Gasteiger partial charge in [0.05, 0.1) is 19.8 Å². The van der Waals surface area contributed by atoms with Gasteiger partial charge in [0, 0.05) is 37.4 Å². The van der Waals surface area contributed by atoms with Crippen LogP contribution in [-0.4, -0.2) is 39.9 Å². The third-order valence-corrected chi connectivity index (χ3v) is 4.21. The number of ether oxygens (including phenoxy) is 2. The Kier molecular flexibility index (Phi) is 4.43. The Balaban J connectivity index is 1.90. The molecule has 4 heteroatoms. The lowest BCUT2D eigenvalue weighted by atomic mass is 10.0. The molecule has 1 aromatic carbocycles. The molecule has 1 atom stereocenters. The van der Waals surface area contributed by atoms with E-state index in [1.807, 2.05) is 0 Å². The molecule has 0 amide bonds. The average molecular weight is 276 g/mol. The Hall–Kier alpha value is -1.26. The highest BCUT2D eigenvalue weighted by Crippen LogP contribution is 2.34. The number of methoxy groups -OCH3 is 1. The number of rotatable bonds is 3. The molecule has 1 N–H and O–H groups in total. The minimum absolute atomic E-state index is 0.135. The minimum Gasteiger partial charge on any atom is -0.497 e. The fourth-order valence-electron chi connectivity index (χ4n) is 3.11. The van der Waals surface area contributed by atoms with E-state index in [2.05, 4.69) is 28.4 Å². The maximum atomic E-state index is 5.95. The molecule has 2 aliphatic rings. The van der Waals surface area contributed by atoms with E-state index in [1.165, 1.54) is 30.5 Å². The van der Waals surface area contributed by atoms with Gasteiger partial charge in [-0.1, -0.05) is 0 Å². The van der Waals surface area contributed by atoms with Crippen LogP contribution in [0.3, 0.4) is 0 Å². The fourth-order valence-corrected chi connectivity index (χ4v) is 3.11. The first-order chi connectivity index (χ1) is 9.88. The molecule has 1 unspecified atom stereocenters. The van der Waals surface area contributed by atoms with Crippen molar-refractivity contribution in [3.63, 3.8) is 0 Å². The first-order valence-corrected chi connectivity index (χ1v) is 7.63. The van der Waals surface area contributed by atoms with Crippen LogP contribution in [0.25, 0.3) is 0 Å². The van der Waals surface area contributed by atoms with Gasteiger partial charge in [-0.2, -0.15) is 0 Å². The summed E-state index contributed by atoms with van der Waals surface area (Å²) in [5, 5.41) is 3.42. The highest BCUT2D eigenvalue weighted by molar-refractivity contribution is 5.58. The van der Waals surface area contributed by atoms with Crippen LogP contribution in [0.15, 0.2) is 18.2 Å². The molecule has 4 nitrogen and oxygen atoms in total. The predicted molar refractivity (Wildman–Crippen MR) is 80.6 cm³/mol. The molecule has 0 bridgehead atoms. The van der Waals surface area contributed by atoms with Crippen molar-refractivity contribution in [1.82, 2.24) is 5.32 Å². The molecule has 0 saturated carbocycles. The highest BCUT2D eigenvalue weighted by Gasteiger charge is 2.23. The maximum absolute atomic E-state index is 5.95. The second kappa shape index (κ2) is 6.46. The number of piperidine rings is 1. The van der Waals surface area contributed by atoms with E-state index in [9.17, 15) is 0 Å². The molecule has 0 radical (unpaired) electrons. The van der Waals surface area contributed by atoms with E-state index >= 15 is 0 Å². The van der Waals surface area contributed by atoms with Crippen molar-refractivity contribution in [3.8, 4) is 5.75 Å². The van der Waals surface area contributed by atoms with Crippen LogP contribution in [-0.2, 0) is 4.74 Å². The smallest absolute Gasteiger partial charge is 0.119 e. The Morgan fingerprint density at radius 1 is 1.25 bits per heavy atom. The summed E-state index contributed by atoms with van der Waals surface area (Å²) in [6.45, 7) is 4.91. The van der Waals surface area contributed by atoms with Crippen molar-refractivity contribution in [2.45, 2.75) is 25.4 Å². The lowest BCUT2D eigenvalue weighted by Crippen LogP contribution is -2.35. The molecule has 2 aliphatic heterocycles. The van der Waals surface area contributed by atoms with Gasteiger partial charge in [-0.25, -0.2) is 0 Å². The molecule has 0 aliphatic carbocycles. The van der Waals surface area contributed by atoms with Crippen LogP contribution in [0.4, 0.5) is 5.69 Å². The molecule has 110 valence electrons. The molecular weight excluding hydrogens is 252 g/mol. The summed E-state index contributed by atoms with van der Waals surface area (Å²) >= 11 is 0. The lowest BCUT2D eigenvalue weighted by Gasteiger charge is -2.34. The second-order valence-corrected chi connectivity index (χ2v) is 5.54. The Labute approximate surface area is 121 Å². The number of morpholine rings is 1. The largest absolute Gasteiger partial charge is 0.497 e. The van der Waals surface area contributed by atoms with Gasteiger partial charge in [-0.05, 0) is 37.5 Å². The molecule has 2 saturated heterocycles. The van der Waals surface area contributed by atoms with Gasteiger partial charge in [0.1, 0.15) is 5.75 Å². The fraction of sp³-hybridized carbons (Fsp3) is 0.625. The van der Waals surface area contributed by atoms with E-state index in [0.717, 1.165) is 38.5 Å². The van der Waals surface area contributed by atoms with Gasteiger partial charge < -0.3 is 19.7 Å². The maximum Gasteiger partial charge on any atom is 0.119 e. The first-order valence-electron chi connectivity index (χ1n) is 7.63. The van der Waals surface area contributed by atoms with Crippen molar-refractivity contribution < 1.29 is 9.47 Å². The van der Waals surface area contributed by atoms with Gasteiger partial charge in [0.25, 0.3) is 0 Å². The van der Waals surface area contributed by atoms with E-state index < -0.39 is 0 Å². The summed E-state index contributed by atoms with van der Waals surface area (Å²) < 4.78 is 11.3. The lowest BCUT2D eigenvalue weighted by molar-refractivity contribution is 0.0278. The van der Waals surface area contributed by atoms with Crippen LogP contribution in [0, 0.1) is 0 Å². The zero-order valence-electron chi connectivity index (χ0n) is 12.2. The predicted octanol–water partition coefficient (Wildman–Crippen LogP) is 2.35. The monoisotopic (exact) mass is 276 g/mol. The molecular formula is C16H24N2O2. The van der Waals surface area contributed by atoms with Gasteiger partial charge in [0.15, 0.2) is 0 Å². The van der Waals surface area contributed by atoms with Gasteiger partial charge in [0.2, 0.25) is 0 Å². The summed E-state index contributed by atoms with van der Waals surface area (Å²) in [5.74, 6) is 0.912. The van der Waals surface area contributed by atoms with Crippen LogP contribution < -0.4 is 15.0 Å². The molecule has 2 fully saturated rings. The summed E-state index contributed by atoms with van der Waals surface area (Å²) in [4.78, 5) is 2.50. The van der Waals surface area contributed by atoms with Crippen LogP contribution in [0.1, 0.15) is 30.9 Å². The van der Waals surface area contributed by atoms with Gasteiger partial charge >= 0.3 is 0 Å². The number of nitrogens with one attached hydrogen (secondary N) is 1. The summed E-state index contributed by atoms with van der Waals surface area (Å²) in [6, 6.07) is 6.39. The Morgan fingerprint density at radius 2 is 2.10 bits per heavy atom. The number of anilines is 1. The molecule has 1 aromatic rings. The van der Waals surface area contributed by atoms with E-state index in [1.54, 1.807) is 7.11 Å². The van der Waals surface area contributed by atoms with Crippen molar-refractivity contribution in [1.29, 1.82) is 0 Å². The summed E-state index contributed by atoms with van der Waals surface area (Å²) in [5.41, 5.74) is 2.58. The van der Waals surface area contributed by atoms with E-state index in [0.29, 0.717) is 0 Å². The number of hydrogen-bond donors (Lipinski definition) is 1. The van der Waals surface area contributed by atoms with Crippen molar-refractivity contribution >= 4 is 5.69 Å². The average Bonchev–Trinajstić information content (AvgIpc) is 2.56. The highest BCUT2D eigenvalue weighted by atomic mass is 16.5. The van der Waals surface area contributed by atoms with Crippen molar-refractivity contribution in [3.05, 3.63) is 23.8 Å². The van der Waals surface area contributed by atoms with Crippen LogP contribution in [0.2, 0.25) is 0 Å². The van der Waals surface area contributed by atoms with Gasteiger partial charge in [-0.3, -0.25) is 0 Å². The van der Waals surface area contributed by atoms with Crippen molar-refractivity contribution in [2.24, 2.45) is 0 Å². The SMILES string of the molecule is COc1ccc(N2CCCCC2)c(C2CNCCO2)c1. The van der Waals surface area contributed by atoms with Crippen LogP contribution >= 0.6 is 0 Å². The third-order valence-electron chi connectivity index (χ3n) is 4.21. The normalized spacial score (nSPS) is 23.6. The first kappa shape index (κ1) is 13.7. The Bertz CT molecular complexity index is 438. The molecule has 3 rings (SSSR count). The van der Waals surface area contributed by atoms with Crippen LogP contribution in [0.5, 0.6) is 5.75 Å². The number of hydrogen-bond acceptors (Lipinski definition) is 4. The number of benzene rings is 1. The Morgan fingerprint density at radius 3 is 2.80 bits per heavy atom. The van der Waals surface area contributed by atoms with Crippen molar-refractivity contribution in [2.75, 3.05) is 44.8 Å². The zero-order chi connectivity index (χ0) is 13.8. The topological polar surface area (TPSA) is 33.7 Å². The molecule has 20 heavy (non-hydrogen) atoms.